The third-order valence-electron chi connectivity index (χ3n) is 5.84. The maximum Gasteiger partial charge on any atom is -0.00162 e. The summed E-state index contributed by atoms with van der Waals surface area (Å²) < 4.78 is 0. The molecule has 0 aliphatic heterocycles. The minimum atomic E-state index is 1.24. The Hall–Kier alpha value is -3.38. The van der Waals surface area contributed by atoms with Crippen LogP contribution in [0.2, 0.25) is 0 Å². The number of hydrogen-bond donors (Lipinski definition) is 0. The quantitative estimate of drug-likeness (QED) is 0.311. The Kier molecular flexibility index (Phi) is 5.68. The molecule has 0 amide bonds. The summed E-state index contributed by atoms with van der Waals surface area (Å²) in [4.78, 5) is 0. The molecule has 0 nitrogen and oxygen atoms in total. The van der Waals surface area contributed by atoms with Crippen LogP contribution >= 0.6 is 0 Å². The molecule has 148 valence electrons. The number of hydrogen-bond acceptors (Lipinski definition) is 0. The van der Waals surface area contributed by atoms with E-state index in [4.69, 9.17) is 0 Å². The zero-order chi connectivity index (χ0) is 21.1. The summed E-state index contributed by atoms with van der Waals surface area (Å²) >= 11 is 0. The molecular formula is C30H28. The second kappa shape index (κ2) is 8.55. The molecule has 0 atom stereocenters. The minimum Gasteiger partial charge on any atom is -0.0622 e. The average Bonchev–Trinajstić information content (AvgIpc) is 2.75. The van der Waals surface area contributed by atoms with Crippen molar-refractivity contribution < 1.29 is 0 Å². The molecule has 0 saturated carbocycles. The van der Waals surface area contributed by atoms with Gasteiger partial charge in [0.15, 0.2) is 0 Å². The van der Waals surface area contributed by atoms with Crippen LogP contribution in [0, 0.1) is 27.7 Å². The fourth-order valence-electron chi connectivity index (χ4n) is 4.46. The molecule has 0 fully saturated rings. The Morgan fingerprint density at radius 1 is 0.367 bits per heavy atom. The lowest BCUT2D eigenvalue weighted by Gasteiger charge is -2.23. The fourth-order valence-corrected chi connectivity index (χ4v) is 4.46. The maximum absolute atomic E-state index is 2.23. The van der Waals surface area contributed by atoms with Gasteiger partial charge in [-0.3, -0.25) is 0 Å². The van der Waals surface area contributed by atoms with E-state index in [1.54, 1.807) is 0 Å². The Bertz CT molecular complexity index is 1060. The minimum absolute atomic E-state index is 1.24. The second-order valence-electron chi connectivity index (χ2n) is 8.02. The van der Waals surface area contributed by atoms with Gasteiger partial charge in [0.05, 0.1) is 0 Å². The van der Waals surface area contributed by atoms with E-state index in [-0.39, 0.29) is 0 Å². The standard InChI is InChI=1S/C30H28/c1-21-13-11-14-22(2)27(21)30(28-23(3)15-12-16-24(28)4)29(25-17-7-5-8-18-25)26-19-9-6-10-20-26/h5-20H,1-4H3. The first-order valence-corrected chi connectivity index (χ1v) is 10.6. The number of rotatable bonds is 4. The molecule has 0 saturated heterocycles. The number of aryl methyl sites for hydroxylation is 4. The van der Waals surface area contributed by atoms with E-state index in [0.29, 0.717) is 0 Å². The predicted molar refractivity (Wildman–Crippen MR) is 130 cm³/mol. The Morgan fingerprint density at radius 3 is 1.03 bits per heavy atom. The van der Waals surface area contributed by atoms with Gasteiger partial charge in [-0.05, 0) is 83.3 Å². The van der Waals surface area contributed by atoms with Crippen molar-refractivity contribution in [3.8, 4) is 0 Å². The van der Waals surface area contributed by atoms with E-state index in [1.165, 1.54) is 55.7 Å². The highest BCUT2D eigenvalue weighted by Crippen LogP contribution is 2.41. The highest BCUT2D eigenvalue weighted by molar-refractivity contribution is 6.06. The summed E-state index contributed by atoms with van der Waals surface area (Å²) in [6.45, 7) is 8.90. The Balaban J connectivity index is 2.24. The third-order valence-corrected chi connectivity index (χ3v) is 5.84. The molecule has 0 aliphatic carbocycles. The predicted octanol–water partition coefficient (Wildman–Crippen LogP) is 7.93. The van der Waals surface area contributed by atoms with Gasteiger partial charge in [0.2, 0.25) is 0 Å². The molecule has 0 heteroatoms. The summed E-state index contributed by atoms with van der Waals surface area (Å²) in [5, 5.41) is 0. The first-order chi connectivity index (χ1) is 14.6. The normalized spacial score (nSPS) is 10.7. The molecule has 0 unspecified atom stereocenters. The van der Waals surface area contributed by atoms with Gasteiger partial charge in [0.25, 0.3) is 0 Å². The van der Waals surface area contributed by atoms with Crippen molar-refractivity contribution in [3.05, 3.63) is 142 Å². The lowest BCUT2D eigenvalue weighted by molar-refractivity contribution is 1.29. The van der Waals surface area contributed by atoms with Crippen molar-refractivity contribution in [1.82, 2.24) is 0 Å². The van der Waals surface area contributed by atoms with Crippen LogP contribution in [0.5, 0.6) is 0 Å². The Morgan fingerprint density at radius 2 is 0.700 bits per heavy atom. The smallest absolute Gasteiger partial charge is 0.00162 e. The van der Waals surface area contributed by atoms with Gasteiger partial charge < -0.3 is 0 Å². The highest BCUT2D eigenvalue weighted by Gasteiger charge is 2.21. The van der Waals surface area contributed by atoms with Gasteiger partial charge in [-0.25, -0.2) is 0 Å². The van der Waals surface area contributed by atoms with Gasteiger partial charge in [-0.15, -0.1) is 0 Å². The van der Waals surface area contributed by atoms with Gasteiger partial charge in [-0.1, -0.05) is 97.1 Å². The van der Waals surface area contributed by atoms with Crippen molar-refractivity contribution in [2.75, 3.05) is 0 Å². The van der Waals surface area contributed by atoms with E-state index < -0.39 is 0 Å². The van der Waals surface area contributed by atoms with Crippen molar-refractivity contribution in [1.29, 1.82) is 0 Å². The van der Waals surface area contributed by atoms with Crippen LogP contribution in [-0.4, -0.2) is 0 Å². The molecule has 30 heavy (non-hydrogen) atoms. The van der Waals surface area contributed by atoms with Crippen LogP contribution in [0.4, 0.5) is 0 Å². The van der Waals surface area contributed by atoms with Crippen molar-refractivity contribution in [2.24, 2.45) is 0 Å². The van der Waals surface area contributed by atoms with Crippen LogP contribution < -0.4 is 0 Å². The summed E-state index contributed by atoms with van der Waals surface area (Å²) in [7, 11) is 0. The van der Waals surface area contributed by atoms with E-state index >= 15 is 0 Å². The molecule has 0 bridgehead atoms. The second-order valence-corrected chi connectivity index (χ2v) is 8.02. The molecule has 0 heterocycles. The lowest BCUT2D eigenvalue weighted by atomic mass is 9.80. The summed E-state index contributed by atoms with van der Waals surface area (Å²) in [5.74, 6) is 0. The van der Waals surface area contributed by atoms with Crippen LogP contribution in [0.25, 0.3) is 11.1 Å². The van der Waals surface area contributed by atoms with Crippen LogP contribution in [0.15, 0.2) is 97.1 Å². The van der Waals surface area contributed by atoms with Gasteiger partial charge in [0.1, 0.15) is 0 Å². The summed E-state index contributed by atoms with van der Waals surface area (Å²) in [6, 6.07) is 34.8. The van der Waals surface area contributed by atoms with Gasteiger partial charge in [0, 0.05) is 0 Å². The van der Waals surface area contributed by atoms with Crippen LogP contribution in [-0.2, 0) is 0 Å². The molecule has 4 aromatic rings. The van der Waals surface area contributed by atoms with E-state index in [1.807, 2.05) is 0 Å². The molecule has 0 aromatic heterocycles. The first kappa shape index (κ1) is 19.9. The molecule has 0 N–H and O–H groups in total. The van der Waals surface area contributed by atoms with Crippen LogP contribution in [0.1, 0.15) is 44.5 Å². The van der Waals surface area contributed by atoms with Gasteiger partial charge >= 0.3 is 0 Å². The third kappa shape index (κ3) is 3.74. The molecule has 0 aliphatic rings. The fraction of sp³-hybridized carbons (Fsp3) is 0.133. The maximum atomic E-state index is 2.23. The van der Waals surface area contributed by atoms with Crippen molar-refractivity contribution in [2.45, 2.75) is 27.7 Å². The largest absolute Gasteiger partial charge is 0.0622 e. The average molecular weight is 389 g/mol. The molecule has 0 radical (unpaired) electrons. The zero-order valence-electron chi connectivity index (χ0n) is 18.2. The SMILES string of the molecule is Cc1cccc(C)c1C(=C(c1ccccc1)c1ccccc1)c1c(C)cccc1C. The molecular weight excluding hydrogens is 360 g/mol. The van der Waals surface area contributed by atoms with Crippen molar-refractivity contribution >= 4 is 11.1 Å². The molecule has 4 rings (SSSR count). The van der Waals surface area contributed by atoms with E-state index in [9.17, 15) is 0 Å². The summed E-state index contributed by atoms with van der Waals surface area (Å²) in [6.07, 6.45) is 0. The molecule has 0 spiro atoms. The Labute approximate surface area is 180 Å². The van der Waals surface area contributed by atoms with Gasteiger partial charge in [-0.2, -0.15) is 0 Å². The van der Waals surface area contributed by atoms with Crippen molar-refractivity contribution in [3.63, 3.8) is 0 Å². The topological polar surface area (TPSA) is 0 Å². The van der Waals surface area contributed by atoms with Crippen LogP contribution in [0.3, 0.4) is 0 Å². The van der Waals surface area contributed by atoms with E-state index in [2.05, 4.69) is 125 Å². The summed E-state index contributed by atoms with van der Waals surface area (Å²) in [5.41, 5.74) is 13.0. The zero-order valence-corrected chi connectivity index (χ0v) is 18.2. The highest BCUT2D eigenvalue weighted by atomic mass is 14.2. The first-order valence-electron chi connectivity index (χ1n) is 10.6. The molecule has 4 aromatic carbocycles. The lowest BCUT2D eigenvalue weighted by Crippen LogP contribution is -2.04. The number of benzene rings is 4. The van der Waals surface area contributed by atoms with E-state index in [0.717, 1.165) is 0 Å². The monoisotopic (exact) mass is 388 g/mol.